The fourth-order valence-electron chi connectivity index (χ4n) is 1.77. The quantitative estimate of drug-likeness (QED) is 0.662. The van der Waals surface area contributed by atoms with Gasteiger partial charge in [0, 0.05) is 14.1 Å². The summed E-state index contributed by atoms with van der Waals surface area (Å²) in [6.45, 7) is 0. The molecule has 3 heterocycles. The maximum absolute atomic E-state index is 11.5. The Morgan fingerprint density at radius 1 is 1.38 bits per heavy atom. The molecule has 2 N–H and O–H groups in total. The number of fused-ring (bicyclic) bond motifs is 3. The van der Waals surface area contributed by atoms with Crippen LogP contribution in [0.15, 0.2) is 16.1 Å². The molecule has 0 aliphatic carbocycles. The maximum Gasteiger partial charge on any atom is 0.327 e. The predicted octanol–water partition coefficient (Wildman–Crippen LogP) is 0.199. The van der Waals surface area contributed by atoms with Crippen molar-refractivity contribution in [1.29, 1.82) is 0 Å². The second-order valence-electron chi connectivity index (χ2n) is 3.64. The van der Waals surface area contributed by atoms with E-state index in [4.69, 9.17) is 0 Å². The molecule has 7 heteroatoms. The number of rotatable bonds is 0. The van der Waals surface area contributed by atoms with E-state index in [1.54, 1.807) is 24.3 Å². The van der Waals surface area contributed by atoms with Crippen LogP contribution in [-0.2, 0) is 14.1 Å². The number of aliphatic imine (C=N–C) groups is 1. The van der Waals surface area contributed by atoms with Crippen LogP contribution in [0.1, 0.15) is 0 Å². The van der Waals surface area contributed by atoms with Crippen LogP contribution in [0.2, 0.25) is 0 Å². The fourth-order valence-corrected chi connectivity index (χ4v) is 1.77. The van der Waals surface area contributed by atoms with Gasteiger partial charge in [-0.15, -0.1) is 0 Å². The number of H-pyrrole nitrogens is 1. The molecule has 0 fully saturated rings. The van der Waals surface area contributed by atoms with Gasteiger partial charge in [-0.2, -0.15) is 0 Å². The third-order valence-corrected chi connectivity index (χ3v) is 2.64. The van der Waals surface area contributed by atoms with Gasteiger partial charge in [-0.3, -0.25) is 4.57 Å². The van der Waals surface area contributed by atoms with Crippen LogP contribution >= 0.6 is 0 Å². The number of nitrogens with one attached hydrogen (secondary N) is 2. The SMILES string of the molecule is Cn1cnc2c1N=CNc1c-2[nH]c(=O)n1C. The highest BCUT2D eigenvalue weighted by molar-refractivity contribution is 5.89. The van der Waals surface area contributed by atoms with E-state index in [1.807, 2.05) is 7.05 Å². The molecule has 0 amide bonds. The summed E-state index contributed by atoms with van der Waals surface area (Å²) < 4.78 is 3.29. The Morgan fingerprint density at radius 3 is 3.00 bits per heavy atom. The molecule has 0 bridgehead atoms. The lowest BCUT2D eigenvalue weighted by Gasteiger charge is -1.99. The Balaban J connectivity index is 2.39. The van der Waals surface area contributed by atoms with Crippen LogP contribution < -0.4 is 11.0 Å². The molecule has 82 valence electrons. The molecule has 0 saturated carbocycles. The van der Waals surface area contributed by atoms with Crippen LogP contribution in [0, 0.1) is 0 Å². The lowest BCUT2D eigenvalue weighted by molar-refractivity contribution is 0.871. The second-order valence-corrected chi connectivity index (χ2v) is 3.64. The predicted molar refractivity (Wildman–Crippen MR) is 60.0 cm³/mol. The minimum absolute atomic E-state index is 0.176. The van der Waals surface area contributed by atoms with Crippen molar-refractivity contribution < 1.29 is 0 Å². The van der Waals surface area contributed by atoms with Crippen molar-refractivity contribution in [3.63, 3.8) is 0 Å². The van der Waals surface area contributed by atoms with Crippen molar-refractivity contribution in [1.82, 2.24) is 19.1 Å². The monoisotopic (exact) mass is 218 g/mol. The molecule has 0 unspecified atom stereocenters. The van der Waals surface area contributed by atoms with Gasteiger partial charge in [-0.1, -0.05) is 0 Å². The van der Waals surface area contributed by atoms with Gasteiger partial charge >= 0.3 is 5.69 Å². The summed E-state index contributed by atoms with van der Waals surface area (Å²) >= 11 is 0. The van der Waals surface area contributed by atoms with Crippen molar-refractivity contribution in [3.05, 3.63) is 16.8 Å². The molecular formula is C9H10N6O. The molecule has 0 radical (unpaired) electrons. The van der Waals surface area contributed by atoms with E-state index >= 15 is 0 Å². The van der Waals surface area contributed by atoms with E-state index in [-0.39, 0.29) is 5.69 Å². The van der Waals surface area contributed by atoms with Gasteiger partial charge in [0.2, 0.25) is 0 Å². The third kappa shape index (κ3) is 0.992. The summed E-state index contributed by atoms with van der Waals surface area (Å²) in [5.41, 5.74) is 1.17. The second kappa shape index (κ2) is 2.84. The van der Waals surface area contributed by atoms with E-state index in [0.717, 1.165) is 0 Å². The molecule has 2 aromatic heterocycles. The van der Waals surface area contributed by atoms with Gasteiger partial charge in [0.25, 0.3) is 0 Å². The molecule has 16 heavy (non-hydrogen) atoms. The molecule has 0 spiro atoms. The van der Waals surface area contributed by atoms with Gasteiger partial charge in [0.15, 0.2) is 5.82 Å². The first-order chi connectivity index (χ1) is 7.68. The van der Waals surface area contributed by atoms with Crippen LogP contribution in [0.25, 0.3) is 11.4 Å². The zero-order chi connectivity index (χ0) is 11.3. The van der Waals surface area contributed by atoms with Crippen molar-refractivity contribution in [2.24, 2.45) is 19.1 Å². The van der Waals surface area contributed by atoms with Crippen LogP contribution in [-0.4, -0.2) is 25.4 Å². The molecule has 7 nitrogen and oxygen atoms in total. The number of aromatic amines is 1. The first-order valence-electron chi connectivity index (χ1n) is 4.78. The molecular weight excluding hydrogens is 208 g/mol. The van der Waals surface area contributed by atoms with Gasteiger partial charge in [-0.05, 0) is 0 Å². The number of imidazole rings is 2. The summed E-state index contributed by atoms with van der Waals surface area (Å²) in [7, 11) is 3.54. The highest BCUT2D eigenvalue weighted by Crippen LogP contribution is 2.32. The summed E-state index contributed by atoms with van der Waals surface area (Å²) in [6.07, 6.45) is 3.22. The Bertz CT molecular complexity index is 643. The number of nitrogens with zero attached hydrogens (tertiary/aromatic N) is 4. The molecule has 2 aromatic rings. The minimum atomic E-state index is -0.176. The molecule has 0 atom stereocenters. The van der Waals surface area contributed by atoms with E-state index in [2.05, 4.69) is 20.3 Å². The van der Waals surface area contributed by atoms with Crippen LogP contribution in [0.5, 0.6) is 0 Å². The fraction of sp³-hybridized carbons (Fsp3) is 0.222. The maximum atomic E-state index is 11.5. The Hall–Kier alpha value is -2.31. The normalized spacial score (nSPS) is 12.9. The molecule has 1 aliphatic heterocycles. The summed E-state index contributed by atoms with van der Waals surface area (Å²) in [5.74, 6) is 1.39. The van der Waals surface area contributed by atoms with Gasteiger partial charge in [0.1, 0.15) is 17.2 Å². The number of aromatic nitrogens is 4. The zero-order valence-corrected chi connectivity index (χ0v) is 8.85. The Morgan fingerprint density at radius 2 is 2.19 bits per heavy atom. The topological polar surface area (TPSA) is 80.0 Å². The Kier molecular flexibility index (Phi) is 1.59. The van der Waals surface area contributed by atoms with E-state index < -0.39 is 0 Å². The highest BCUT2D eigenvalue weighted by atomic mass is 16.1. The standard InChI is InChI=1S/C9H10N6O/c1-14-4-12-5-6-8(11-3-10-7(5)14)15(2)9(16)13-6/h3-4H,1-2H3,(H,10,11)(H,13,16). The van der Waals surface area contributed by atoms with Gasteiger partial charge < -0.3 is 14.9 Å². The summed E-state index contributed by atoms with van der Waals surface area (Å²) in [6, 6.07) is 0. The molecule has 0 aromatic carbocycles. The van der Waals surface area contributed by atoms with E-state index in [9.17, 15) is 4.79 Å². The highest BCUT2D eigenvalue weighted by Gasteiger charge is 2.20. The van der Waals surface area contributed by atoms with Crippen LogP contribution in [0.3, 0.4) is 0 Å². The van der Waals surface area contributed by atoms with Gasteiger partial charge in [-0.25, -0.2) is 14.8 Å². The van der Waals surface area contributed by atoms with Crippen molar-refractivity contribution in [2.45, 2.75) is 0 Å². The average molecular weight is 218 g/mol. The van der Waals surface area contributed by atoms with Gasteiger partial charge in [0.05, 0.1) is 12.7 Å². The smallest absolute Gasteiger partial charge is 0.327 e. The lowest BCUT2D eigenvalue weighted by atomic mass is 10.3. The molecule has 1 aliphatic rings. The number of hydrogen-bond donors (Lipinski definition) is 2. The Labute approximate surface area is 90.5 Å². The largest absolute Gasteiger partial charge is 0.330 e. The molecule has 0 saturated heterocycles. The molecule has 3 rings (SSSR count). The lowest BCUT2D eigenvalue weighted by Crippen LogP contribution is -2.14. The first-order valence-corrected chi connectivity index (χ1v) is 4.78. The zero-order valence-electron chi connectivity index (χ0n) is 8.85. The van der Waals surface area contributed by atoms with Crippen molar-refractivity contribution >= 4 is 18.0 Å². The minimum Gasteiger partial charge on any atom is -0.330 e. The van der Waals surface area contributed by atoms with E-state index in [1.165, 1.54) is 4.57 Å². The number of anilines is 1. The summed E-state index contributed by atoms with van der Waals surface area (Å²) in [4.78, 5) is 22.8. The first kappa shape index (κ1) is 8.96. The van der Waals surface area contributed by atoms with E-state index in [0.29, 0.717) is 23.0 Å². The average Bonchev–Trinajstić information content (AvgIpc) is 2.68. The summed E-state index contributed by atoms with van der Waals surface area (Å²) in [5, 5.41) is 2.96. The van der Waals surface area contributed by atoms with Crippen molar-refractivity contribution in [3.8, 4) is 11.4 Å². The third-order valence-electron chi connectivity index (χ3n) is 2.64. The van der Waals surface area contributed by atoms with Crippen LogP contribution in [0.4, 0.5) is 11.6 Å². The number of hydrogen-bond acceptors (Lipinski definition) is 4. The number of aryl methyl sites for hydroxylation is 1. The van der Waals surface area contributed by atoms with Crippen molar-refractivity contribution in [2.75, 3.05) is 5.32 Å².